The van der Waals surface area contributed by atoms with Crippen molar-refractivity contribution in [2.45, 2.75) is 13.3 Å². The van der Waals surface area contributed by atoms with E-state index in [0.717, 1.165) is 0 Å². The standard InChI is InChI=1S/C11H7F3N2O/c1-6-9(5-15)8-3-2-7(4-10(8)16-6)17-11(12,13)14/h2-4,16H,1H3. The molecule has 0 saturated carbocycles. The molecule has 0 aliphatic carbocycles. The van der Waals surface area contributed by atoms with E-state index in [9.17, 15) is 13.2 Å². The van der Waals surface area contributed by atoms with Crippen LogP contribution in [0.2, 0.25) is 0 Å². The molecule has 0 radical (unpaired) electrons. The molecule has 0 amide bonds. The van der Waals surface area contributed by atoms with Crippen LogP contribution in [0.25, 0.3) is 10.9 Å². The number of alkyl halides is 3. The van der Waals surface area contributed by atoms with E-state index in [1.165, 1.54) is 18.2 Å². The Morgan fingerprint density at radius 1 is 1.35 bits per heavy atom. The van der Waals surface area contributed by atoms with Gasteiger partial charge in [-0.1, -0.05) is 0 Å². The number of aryl methyl sites for hydroxylation is 1. The number of nitrogens with zero attached hydrogens (tertiary/aromatic N) is 1. The smallest absolute Gasteiger partial charge is 0.406 e. The third kappa shape index (κ3) is 2.18. The largest absolute Gasteiger partial charge is 0.573 e. The Labute approximate surface area is 94.4 Å². The van der Waals surface area contributed by atoms with Crippen molar-refractivity contribution < 1.29 is 17.9 Å². The second-order valence-corrected chi connectivity index (χ2v) is 3.49. The molecule has 1 N–H and O–H groups in total. The van der Waals surface area contributed by atoms with E-state index in [1.54, 1.807) is 6.92 Å². The van der Waals surface area contributed by atoms with E-state index >= 15 is 0 Å². The highest BCUT2D eigenvalue weighted by atomic mass is 19.4. The zero-order valence-corrected chi connectivity index (χ0v) is 8.72. The predicted octanol–water partition coefficient (Wildman–Crippen LogP) is 3.25. The van der Waals surface area contributed by atoms with Crippen LogP contribution in [0.5, 0.6) is 5.75 Å². The van der Waals surface area contributed by atoms with Crippen LogP contribution in [-0.4, -0.2) is 11.3 Å². The van der Waals surface area contributed by atoms with Crippen LogP contribution in [0, 0.1) is 18.3 Å². The zero-order valence-electron chi connectivity index (χ0n) is 8.72. The van der Waals surface area contributed by atoms with Crippen molar-refractivity contribution >= 4 is 10.9 Å². The third-order valence-corrected chi connectivity index (χ3v) is 2.30. The van der Waals surface area contributed by atoms with Gasteiger partial charge in [0.15, 0.2) is 0 Å². The topological polar surface area (TPSA) is 48.8 Å². The second kappa shape index (κ2) is 3.70. The molecule has 3 nitrogen and oxygen atoms in total. The molecule has 88 valence electrons. The molecule has 2 rings (SSSR count). The number of aromatic nitrogens is 1. The number of H-pyrrole nitrogens is 1. The van der Waals surface area contributed by atoms with Crippen LogP contribution < -0.4 is 4.74 Å². The number of rotatable bonds is 1. The first-order valence-electron chi connectivity index (χ1n) is 4.69. The Kier molecular flexibility index (Phi) is 2.46. The van der Waals surface area contributed by atoms with Gasteiger partial charge in [-0.05, 0) is 19.1 Å². The molecule has 1 heterocycles. The summed E-state index contributed by atoms with van der Waals surface area (Å²) in [6.07, 6.45) is -4.71. The fourth-order valence-corrected chi connectivity index (χ4v) is 1.65. The molecule has 1 aromatic carbocycles. The number of nitriles is 1. The summed E-state index contributed by atoms with van der Waals surface area (Å²) in [5, 5.41) is 9.46. The zero-order chi connectivity index (χ0) is 12.6. The summed E-state index contributed by atoms with van der Waals surface area (Å²) in [5.41, 5.74) is 1.49. The second-order valence-electron chi connectivity index (χ2n) is 3.49. The highest BCUT2D eigenvalue weighted by molar-refractivity contribution is 5.88. The van der Waals surface area contributed by atoms with E-state index in [2.05, 4.69) is 9.72 Å². The van der Waals surface area contributed by atoms with Crippen LogP contribution >= 0.6 is 0 Å². The molecule has 0 spiro atoms. The number of hydrogen-bond donors (Lipinski definition) is 1. The average Bonchev–Trinajstić information content (AvgIpc) is 2.50. The fraction of sp³-hybridized carbons (Fsp3) is 0.182. The molecule has 17 heavy (non-hydrogen) atoms. The van der Waals surface area contributed by atoms with Crippen molar-refractivity contribution in [3.8, 4) is 11.8 Å². The van der Waals surface area contributed by atoms with Crippen LogP contribution in [0.1, 0.15) is 11.3 Å². The maximum atomic E-state index is 12.0. The third-order valence-electron chi connectivity index (χ3n) is 2.30. The molecule has 0 aliphatic heterocycles. The summed E-state index contributed by atoms with van der Waals surface area (Å²) in [5.74, 6) is -0.310. The molecular weight excluding hydrogens is 233 g/mol. The van der Waals surface area contributed by atoms with E-state index in [0.29, 0.717) is 22.2 Å². The summed E-state index contributed by atoms with van der Waals surface area (Å²) in [6, 6.07) is 5.82. The summed E-state index contributed by atoms with van der Waals surface area (Å²) >= 11 is 0. The molecule has 0 saturated heterocycles. The first-order chi connectivity index (χ1) is 7.90. The minimum Gasteiger partial charge on any atom is -0.406 e. The minimum atomic E-state index is -4.71. The summed E-state index contributed by atoms with van der Waals surface area (Å²) < 4.78 is 39.8. The van der Waals surface area contributed by atoms with Gasteiger partial charge >= 0.3 is 6.36 Å². The number of ether oxygens (including phenoxy) is 1. The van der Waals surface area contributed by atoms with Gasteiger partial charge in [0.25, 0.3) is 0 Å². The lowest BCUT2D eigenvalue weighted by Gasteiger charge is -2.08. The Morgan fingerprint density at radius 2 is 2.06 bits per heavy atom. The number of benzene rings is 1. The molecule has 0 aliphatic rings. The molecule has 1 aromatic heterocycles. The van der Waals surface area contributed by atoms with Gasteiger partial charge in [-0.2, -0.15) is 5.26 Å². The van der Waals surface area contributed by atoms with Crippen molar-refractivity contribution in [2.75, 3.05) is 0 Å². The Morgan fingerprint density at radius 3 is 2.65 bits per heavy atom. The first kappa shape index (κ1) is 11.3. The number of nitrogens with one attached hydrogen (secondary N) is 1. The molecule has 0 bridgehead atoms. The van der Waals surface area contributed by atoms with Crippen molar-refractivity contribution in [3.05, 3.63) is 29.5 Å². The van der Waals surface area contributed by atoms with Crippen LogP contribution in [0.3, 0.4) is 0 Å². The van der Waals surface area contributed by atoms with E-state index in [1.807, 2.05) is 6.07 Å². The monoisotopic (exact) mass is 240 g/mol. The lowest BCUT2D eigenvalue weighted by atomic mass is 10.1. The van der Waals surface area contributed by atoms with Crippen LogP contribution in [0.4, 0.5) is 13.2 Å². The molecular formula is C11H7F3N2O. The lowest BCUT2D eigenvalue weighted by molar-refractivity contribution is -0.274. The predicted molar refractivity (Wildman–Crippen MR) is 54.4 cm³/mol. The summed E-state index contributed by atoms with van der Waals surface area (Å²) in [6.45, 7) is 1.68. The van der Waals surface area contributed by atoms with Crippen molar-refractivity contribution in [1.29, 1.82) is 5.26 Å². The molecule has 0 atom stereocenters. The van der Waals surface area contributed by atoms with E-state index in [-0.39, 0.29) is 5.75 Å². The van der Waals surface area contributed by atoms with Gasteiger partial charge in [0, 0.05) is 17.1 Å². The van der Waals surface area contributed by atoms with Crippen molar-refractivity contribution in [2.24, 2.45) is 0 Å². The van der Waals surface area contributed by atoms with Gasteiger partial charge in [-0.15, -0.1) is 13.2 Å². The molecule has 2 aromatic rings. The van der Waals surface area contributed by atoms with Gasteiger partial charge < -0.3 is 9.72 Å². The van der Waals surface area contributed by atoms with Crippen LogP contribution in [0.15, 0.2) is 18.2 Å². The Balaban J connectivity index is 2.50. The number of hydrogen-bond acceptors (Lipinski definition) is 2. The highest BCUT2D eigenvalue weighted by Crippen LogP contribution is 2.28. The molecule has 6 heteroatoms. The average molecular weight is 240 g/mol. The SMILES string of the molecule is Cc1[nH]c2cc(OC(F)(F)F)ccc2c1C#N. The quantitative estimate of drug-likeness (QED) is 0.831. The lowest BCUT2D eigenvalue weighted by Crippen LogP contribution is -2.16. The number of fused-ring (bicyclic) bond motifs is 1. The maximum Gasteiger partial charge on any atom is 0.573 e. The fourth-order valence-electron chi connectivity index (χ4n) is 1.65. The van der Waals surface area contributed by atoms with Gasteiger partial charge in [0.2, 0.25) is 0 Å². The normalized spacial score (nSPS) is 11.5. The minimum absolute atomic E-state index is 0.310. The van der Waals surface area contributed by atoms with Gasteiger partial charge in [0.05, 0.1) is 11.1 Å². The summed E-state index contributed by atoms with van der Waals surface area (Å²) in [7, 11) is 0. The first-order valence-corrected chi connectivity index (χ1v) is 4.69. The van der Waals surface area contributed by atoms with Gasteiger partial charge in [-0.3, -0.25) is 0 Å². The number of aromatic amines is 1. The Bertz CT molecular complexity index is 607. The molecule has 0 unspecified atom stereocenters. The van der Waals surface area contributed by atoms with Crippen molar-refractivity contribution in [3.63, 3.8) is 0 Å². The van der Waals surface area contributed by atoms with Crippen molar-refractivity contribution in [1.82, 2.24) is 4.98 Å². The summed E-state index contributed by atoms with van der Waals surface area (Å²) in [4.78, 5) is 2.83. The van der Waals surface area contributed by atoms with E-state index in [4.69, 9.17) is 5.26 Å². The number of halogens is 3. The van der Waals surface area contributed by atoms with Gasteiger partial charge in [0.1, 0.15) is 11.8 Å². The highest BCUT2D eigenvalue weighted by Gasteiger charge is 2.31. The maximum absolute atomic E-state index is 12.0. The van der Waals surface area contributed by atoms with Crippen LogP contribution in [-0.2, 0) is 0 Å². The Hall–Kier alpha value is -2.16. The van der Waals surface area contributed by atoms with Gasteiger partial charge in [-0.25, -0.2) is 0 Å². The van der Waals surface area contributed by atoms with E-state index < -0.39 is 6.36 Å². The molecule has 0 fully saturated rings.